The molecule has 10 aromatic rings. The van der Waals surface area contributed by atoms with Gasteiger partial charge in [-0.2, -0.15) is 0 Å². The Balaban J connectivity index is 1.10. The van der Waals surface area contributed by atoms with E-state index in [-0.39, 0.29) is 0 Å². The van der Waals surface area contributed by atoms with Gasteiger partial charge in [-0.1, -0.05) is 97.1 Å². The van der Waals surface area contributed by atoms with E-state index in [1.807, 2.05) is 0 Å². The molecule has 0 N–H and O–H groups in total. The topological polar surface area (TPSA) is 6.48 Å². The molecule has 65 heavy (non-hydrogen) atoms. The summed E-state index contributed by atoms with van der Waals surface area (Å²) in [6.45, 7) is 13.3. The third-order valence-corrected chi connectivity index (χ3v) is 14.9. The molecule has 2 nitrogen and oxygen atoms in total. The SMILES string of the molecule is Cc1cc(N(c2ccccc2)c2ccc3cc4c(cc3c2)C2(c3ccccc3-c3ccccc32)c2cc3cc(N(c5ccccc5)c5cc(C)c(C)c(C)c5)ccc3cc2-4)cc(C)c1C. The lowest BCUT2D eigenvalue weighted by Gasteiger charge is -2.31. The fraction of sp³-hybridized carbons (Fsp3) is 0.111. The molecule has 0 heterocycles. The Morgan fingerprint density at radius 3 is 1.03 bits per heavy atom. The van der Waals surface area contributed by atoms with E-state index in [1.54, 1.807) is 0 Å². The number of aryl methyl sites for hydroxylation is 4. The molecule has 1 spiro atoms. The van der Waals surface area contributed by atoms with Crippen molar-refractivity contribution in [1.29, 1.82) is 0 Å². The number of hydrogen-bond acceptors (Lipinski definition) is 2. The van der Waals surface area contributed by atoms with Crippen LogP contribution in [-0.2, 0) is 5.41 Å². The predicted molar refractivity (Wildman–Crippen MR) is 276 cm³/mol. The first-order valence-corrected chi connectivity index (χ1v) is 22.9. The molecule has 0 bridgehead atoms. The van der Waals surface area contributed by atoms with E-state index in [4.69, 9.17) is 0 Å². The Morgan fingerprint density at radius 1 is 0.262 bits per heavy atom. The largest absolute Gasteiger partial charge is 0.310 e. The number of para-hydroxylation sites is 2. The van der Waals surface area contributed by atoms with Crippen molar-refractivity contribution in [3.63, 3.8) is 0 Å². The number of fused-ring (bicyclic) bond motifs is 12. The summed E-state index contributed by atoms with van der Waals surface area (Å²) in [5, 5.41) is 4.92. The molecule has 0 aromatic heterocycles. The molecule has 12 rings (SSSR count). The molecule has 2 heteroatoms. The fourth-order valence-electron chi connectivity index (χ4n) is 11.2. The molecular weight excluding hydrogens is 785 g/mol. The van der Waals surface area contributed by atoms with Gasteiger partial charge in [0.2, 0.25) is 0 Å². The second-order valence-corrected chi connectivity index (χ2v) is 18.5. The number of hydrogen-bond donors (Lipinski definition) is 0. The second kappa shape index (κ2) is 14.7. The normalized spacial score (nSPS) is 12.9. The third-order valence-electron chi connectivity index (χ3n) is 14.9. The van der Waals surface area contributed by atoms with Crippen molar-refractivity contribution >= 4 is 55.7 Å². The van der Waals surface area contributed by atoms with E-state index >= 15 is 0 Å². The number of anilines is 6. The lowest BCUT2D eigenvalue weighted by Crippen LogP contribution is -2.25. The average molecular weight is 835 g/mol. The van der Waals surface area contributed by atoms with E-state index in [9.17, 15) is 0 Å². The molecule has 10 aromatic carbocycles. The highest BCUT2D eigenvalue weighted by Gasteiger charge is 2.51. The molecule has 0 unspecified atom stereocenters. The van der Waals surface area contributed by atoms with Crippen LogP contribution in [0.3, 0.4) is 0 Å². The Bertz CT molecular complexity index is 3280. The summed E-state index contributed by atoms with van der Waals surface area (Å²) >= 11 is 0. The first-order chi connectivity index (χ1) is 31.7. The summed E-state index contributed by atoms with van der Waals surface area (Å²) in [5.74, 6) is 0. The van der Waals surface area contributed by atoms with Crippen molar-refractivity contribution in [2.45, 2.75) is 47.0 Å². The van der Waals surface area contributed by atoms with E-state index in [0.29, 0.717) is 0 Å². The third kappa shape index (κ3) is 5.87. The molecule has 2 aliphatic carbocycles. The zero-order chi connectivity index (χ0) is 44.1. The van der Waals surface area contributed by atoms with Gasteiger partial charge < -0.3 is 9.80 Å². The van der Waals surface area contributed by atoms with Crippen LogP contribution in [0.2, 0.25) is 0 Å². The van der Waals surface area contributed by atoms with Crippen LogP contribution in [0.4, 0.5) is 34.1 Å². The van der Waals surface area contributed by atoms with E-state index in [2.05, 4.69) is 245 Å². The Hall–Kier alpha value is -7.68. The second-order valence-electron chi connectivity index (χ2n) is 18.5. The van der Waals surface area contributed by atoms with E-state index in [1.165, 1.54) is 111 Å². The van der Waals surface area contributed by atoms with E-state index in [0.717, 1.165) is 22.7 Å². The average Bonchev–Trinajstić information content (AvgIpc) is 3.78. The maximum absolute atomic E-state index is 2.52. The molecule has 312 valence electrons. The molecule has 0 radical (unpaired) electrons. The number of benzene rings is 10. The zero-order valence-corrected chi connectivity index (χ0v) is 37.9. The van der Waals surface area contributed by atoms with Gasteiger partial charge in [0, 0.05) is 34.1 Å². The van der Waals surface area contributed by atoms with Crippen LogP contribution in [0.15, 0.2) is 194 Å². The molecular formula is C63H50N2. The lowest BCUT2D eigenvalue weighted by molar-refractivity contribution is 0.796. The fourth-order valence-corrected chi connectivity index (χ4v) is 11.2. The van der Waals surface area contributed by atoms with Crippen molar-refractivity contribution in [2.75, 3.05) is 9.80 Å². The van der Waals surface area contributed by atoms with Crippen LogP contribution in [-0.4, -0.2) is 0 Å². The predicted octanol–water partition coefficient (Wildman–Crippen LogP) is 17.1. The Kier molecular flexibility index (Phi) is 8.80. The van der Waals surface area contributed by atoms with Gasteiger partial charge in [-0.25, -0.2) is 0 Å². The molecule has 0 saturated carbocycles. The molecule has 0 aliphatic heterocycles. The van der Waals surface area contributed by atoms with Crippen LogP contribution in [0, 0.1) is 41.5 Å². The summed E-state index contributed by atoms with van der Waals surface area (Å²) in [6.07, 6.45) is 0. The quantitative estimate of drug-likeness (QED) is 0.165. The van der Waals surface area contributed by atoms with Crippen molar-refractivity contribution < 1.29 is 0 Å². The van der Waals surface area contributed by atoms with Gasteiger partial charge in [-0.05, 0) is 238 Å². The summed E-state index contributed by atoms with van der Waals surface area (Å²) in [6, 6.07) is 73.3. The zero-order valence-electron chi connectivity index (χ0n) is 37.9. The Morgan fingerprint density at radius 2 is 0.631 bits per heavy atom. The van der Waals surface area contributed by atoms with Gasteiger partial charge in [0.15, 0.2) is 0 Å². The first-order valence-electron chi connectivity index (χ1n) is 22.9. The molecule has 0 fully saturated rings. The van der Waals surface area contributed by atoms with Crippen LogP contribution >= 0.6 is 0 Å². The van der Waals surface area contributed by atoms with Gasteiger partial charge in [0.1, 0.15) is 0 Å². The van der Waals surface area contributed by atoms with Crippen LogP contribution < -0.4 is 9.80 Å². The Labute approximate surface area is 382 Å². The molecule has 0 amide bonds. The van der Waals surface area contributed by atoms with Gasteiger partial charge in [-0.3, -0.25) is 0 Å². The van der Waals surface area contributed by atoms with Gasteiger partial charge in [0.25, 0.3) is 0 Å². The monoisotopic (exact) mass is 834 g/mol. The maximum Gasteiger partial charge on any atom is 0.0725 e. The van der Waals surface area contributed by atoms with Crippen LogP contribution in [0.25, 0.3) is 43.8 Å². The number of nitrogens with zero attached hydrogens (tertiary/aromatic N) is 2. The minimum atomic E-state index is -0.499. The molecule has 0 atom stereocenters. The minimum Gasteiger partial charge on any atom is -0.310 e. The highest BCUT2D eigenvalue weighted by atomic mass is 15.1. The van der Waals surface area contributed by atoms with E-state index < -0.39 is 5.41 Å². The standard InChI is InChI=1S/C63H50N2/c1-39-29-53(30-40(2)43(39)5)64(49-17-9-7-10-18-49)51-27-25-45-35-57-58-36-46-26-28-52(65(50-19-11-8-12-20-50)54-31-41(3)44(6)42(4)32-54)34-48(46)38-62(58)63(61(57)37-47(45)33-51)59-23-15-13-21-55(59)56-22-14-16-24-60(56)63/h7-38H,1-6H3. The van der Waals surface area contributed by atoms with Crippen molar-refractivity contribution in [1.82, 2.24) is 0 Å². The summed E-state index contributed by atoms with van der Waals surface area (Å²) in [5.41, 5.74) is 24.9. The minimum absolute atomic E-state index is 0.499. The highest BCUT2D eigenvalue weighted by molar-refractivity contribution is 6.04. The van der Waals surface area contributed by atoms with Gasteiger partial charge >= 0.3 is 0 Å². The van der Waals surface area contributed by atoms with Crippen molar-refractivity contribution in [3.8, 4) is 22.3 Å². The van der Waals surface area contributed by atoms with Gasteiger partial charge in [-0.15, -0.1) is 0 Å². The molecule has 0 saturated heterocycles. The van der Waals surface area contributed by atoms with Crippen LogP contribution in [0.1, 0.15) is 55.6 Å². The number of rotatable bonds is 6. The molecule has 2 aliphatic rings. The van der Waals surface area contributed by atoms with Crippen molar-refractivity contribution in [3.05, 3.63) is 250 Å². The smallest absolute Gasteiger partial charge is 0.0725 e. The first kappa shape index (κ1) is 39.0. The van der Waals surface area contributed by atoms with Crippen LogP contribution in [0.5, 0.6) is 0 Å². The summed E-state index contributed by atoms with van der Waals surface area (Å²) < 4.78 is 0. The van der Waals surface area contributed by atoms with Crippen molar-refractivity contribution in [2.24, 2.45) is 0 Å². The highest BCUT2D eigenvalue weighted by Crippen LogP contribution is 2.64. The van der Waals surface area contributed by atoms with Gasteiger partial charge in [0.05, 0.1) is 5.41 Å². The summed E-state index contributed by atoms with van der Waals surface area (Å²) in [4.78, 5) is 4.83. The maximum atomic E-state index is 2.52. The lowest BCUT2D eigenvalue weighted by atomic mass is 9.70. The summed E-state index contributed by atoms with van der Waals surface area (Å²) in [7, 11) is 0.